The highest BCUT2D eigenvalue weighted by atomic mass is 32.1. The Labute approximate surface area is 138 Å². The Balaban J connectivity index is 1.89. The molecule has 3 nitrogen and oxygen atoms in total. The quantitative estimate of drug-likeness (QED) is 0.687. The first-order chi connectivity index (χ1) is 11.1. The molecule has 23 heavy (non-hydrogen) atoms. The number of aromatic carboxylic acids is 1. The number of benzene rings is 2. The molecular formula is C19H16O3S. The average Bonchev–Trinajstić information content (AvgIpc) is 2.83. The minimum absolute atomic E-state index is 0.250. The van der Waals surface area contributed by atoms with Gasteiger partial charge >= 0.3 is 5.97 Å². The largest absolute Gasteiger partial charge is 0.478 e. The van der Waals surface area contributed by atoms with Gasteiger partial charge in [0.2, 0.25) is 0 Å². The minimum atomic E-state index is -0.956. The zero-order valence-corrected chi connectivity index (χ0v) is 13.7. The van der Waals surface area contributed by atoms with E-state index in [4.69, 9.17) is 4.74 Å². The van der Waals surface area contributed by atoms with Crippen molar-refractivity contribution in [2.24, 2.45) is 0 Å². The third-order valence-electron chi connectivity index (χ3n) is 3.60. The van der Waals surface area contributed by atoms with Gasteiger partial charge in [-0.15, -0.1) is 11.3 Å². The van der Waals surface area contributed by atoms with Crippen LogP contribution in [-0.2, 0) is 0 Å². The molecule has 1 N–H and O–H groups in total. The first-order valence-corrected chi connectivity index (χ1v) is 8.04. The number of rotatable bonds is 4. The summed E-state index contributed by atoms with van der Waals surface area (Å²) in [7, 11) is 0. The monoisotopic (exact) mass is 324 g/mol. The Bertz CT molecular complexity index is 833. The first-order valence-electron chi connectivity index (χ1n) is 7.23. The third kappa shape index (κ3) is 3.12. The summed E-state index contributed by atoms with van der Waals surface area (Å²) >= 11 is 1.44. The molecule has 0 bridgehead atoms. The van der Waals surface area contributed by atoms with E-state index in [0.29, 0.717) is 11.5 Å². The van der Waals surface area contributed by atoms with E-state index in [9.17, 15) is 9.90 Å². The van der Waals surface area contributed by atoms with Crippen LogP contribution in [0.3, 0.4) is 0 Å². The van der Waals surface area contributed by atoms with Crippen LogP contribution in [0.5, 0.6) is 11.5 Å². The topological polar surface area (TPSA) is 46.5 Å². The van der Waals surface area contributed by atoms with Gasteiger partial charge in [-0.1, -0.05) is 42.5 Å². The van der Waals surface area contributed by atoms with Crippen molar-refractivity contribution in [1.82, 2.24) is 0 Å². The smallest absolute Gasteiger partial charge is 0.340 e. The van der Waals surface area contributed by atoms with E-state index in [1.54, 1.807) is 6.92 Å². The number of carboxylic acid groups (broad SMARTS) is 1. The Morgan fingerprint density at radius 1 is 0.913 bits per heavy atom. The van der Waals surface area contributed by atoms with Crippen LogP contribution in [0, 0.1) is 13.8 Å². The molecule has 2 aromatic carbocycles. The fraction of sp³-hybridized carbons (Fsp3) is 0.105. The molecule has 1 heterocycles. The van der Waals surface area contributed by atoms with Gasteiger partial charge in [0.15, 0.2) is 5.75 Å². The summed E-state index contributed by atoms with van der Waals surface area (Å²) in [5.41, 5.74) is 2.47. The maximum absolute atomic E-state index is 11.4. The molecule has 0 radical (unpaired) electrons. The predicted molar refractivity (Wildman–Crippen MR) is 92.7 cm³/mol. The molecule has 3 rings (SSSR count). The Morgan fingerprint density at radius 3 is 2.13 bits per heavy atom. The SMILES string of the molecule is Cc1sc(C)c(C(=O)O)c1Oc1ccc(-c2ccccc2)cc1. The summed E-state index contributed by atoms with van der Waals surface area (Å²) in [5, 5.41) is 9.36. The van der Waals surface area contributed by atoms with Gasteiger partial charge in [-0.25, -0.2) is 4.79 Å². The van der Waals surface area contributed by atoms with Crippen molar-refractivity contribution in [3.8, 4) is 22.6 Å². The van der Waals surface area contributed by atoms with Gasteiger partial charge < -0.3 is 9.84 Å². The van der Waals surface area contributed by atoms with Gasteiger partial charge in [0.25, 0.3) is 0 Å². The van der Waals surface area contributed by atoms with Crippen LogP contribution in [-0.4, -0.2) is 11.1 Å². The molecule has 0 unspecified atom stereocenters. The van der Waals surface area contributed by atoms with E-state index in [1.165, 1.54) is 11.3 Å². The number of thiophene rings is 1. The molecule has 0 aliphatic heterocycles. The van der Waals surface area contributed by atoms with E-state index >= 15 is 0 Å². The lowest BCUT2D eigenvalue weighted by atomic mass is 10.1. The summed E-state index contributed by atoms with van der Waals surface area (Å²) in [6.45, 7) is 3.67. The number of aryl methyl sites for hydroxylation is 2. The average molecular weight is 324 g/mol. The molecule has 116 valence electrons. The van der Waals surface area contributed by atoms with Crippen molar-refractivity contribution in [3.05, 3.63) is 69.9 Å². The standard InChI is InChI=1S/C19H16O3S/c1-12-17(19(20)21)18(13(2)23-12)22-16-10-8-15(9-11-16)14-6-4-3-5-7-14/h3-11H,1-2H3,(H,20,21). The lowest BCUT2D eigenvalue weighted by Crippen LogP contribution is -1.99. The van der Waals surface area contributed by atoms with E-state index in [2.05, 4.69) is 0 Å². The predicted octanol–water partition coefficient (Wildman–Crippen LogP) is 5.52. The fourth-order valence-corrected chi connectivity index (χ4v) is 3.48. The van der Waals surface area contributed by atoms with Crippen LogP contribution in [0.1, 0.15) is 20.1 Å². The van der Waals surface area contributed by atoms with Gasteiger partial charge in [-0.3, -0.25) is 0 Å². The number of hydrogen-bond donors (Lipinski definition) is 1. The molecule has 0 aliphatic carbocycles. The van der Waals surface area contributed by atoms with Gasteiger partial charge in [-0.05, 0) is 37.1 Å². The van der Waals surface area contributed by atoms with Crippen LogP contribution in [0.25, 0.3) is 11.1 Å². The van der Waals surface area contributed by atoms with E-state index in [0.717, 1.165) is 20.9 Å². The number of carboxylic acids is 1. The molecule has 0 saturated carbocycles. The van der Waals surface area contributed by atoms with Crippen LogP contribution in [0.4, 0.5) is 0 Å². The van der Waals surface area contributed by atoms with Crippen LogP contribution in [0.15, 0.2) is 54.6 Å². The summed E-state index contributed by atoms with van der Waals surface area (Å²) < 4.78 is 5.84. The number of hydrogen-bond acceptors (Lipinski definition) is 3. The molecule has 3 aromatic rings. The Kier molecular flexibility index (Phi) is 4.17. The van der Waals surface area contributed by atoms with E-state index < -0.39 is 5.97 Å². The van der Waals surface area contributed by atoms with Crippen molar-refractivity contribution >= 4 is 17.3 Å². The van der Waals surface area contributed by atoms with Crippen molar-refractivity contribution in [1.29, 1.82) is 0 Å². The van der Waals surface area contributed by atoms with Crippen molar-refractivity contribution < 1.29 is 14.6 Å². The zero-order chi connectivity index (χ0) is 16.4. The Hall–Kier alpha value is -2.59. The van der Waals surface area contributed by atoms with Crippen molar-refractivity contribution in [2.75, 3.05) is 0 Å². The molecule has 4 heteroatoms. The third-order valence-corrected chi connectivity index (χ3v) is 4.60. The fourth-order valence-electron chi connectivity index (χ4n) is 2.50. The van der Waals surface area contributed by atoms with Gasteiger partial charge in [0, 0.05) is 9.75 Å². The highest BCUT2D eigenvalue weighted by Gasteiger charge is 2.21. The normalized spacial score (nSPS) is 10.5. The van der Waals surface area contributed by atoms with E-state index in [1.807, 2.05) is 61.5 Å². The zero-order valence-electron chi connectivity index (χ0n) is 12.9. The molecule has 0 fully saturated rings. The van der Waals surface area contributed by atoms with Gasteiger partial charge in [-0.2, -0.15) is 0 Å². The molecule has 0 amide bonds. The summed E-state index contributed by atoms with van der Waals surface area (Å²) in [4.78, 5) is 13.0. The van der Waals surface area contributed by atoms with Crippen molar-refractivity contribution in [3.63, 3.8) is 0 Å². The summed E-state index contributed by atoms with van der Waals surface area (Å²) in [6.07, 6.45) is 0. The number of carbonyl (C=O) groups is 1. The van der Waals surface area contributed by atoms with Crippen molar-refractivity contribution in [2.45, 2.75) is 13.8 Å². The van der Waals surface area contributed by atoms with Gasteiger partial charge in [0.1, 0.15) is 11.3 Å². The van der Waals surface area contributed by atoms with Crippen LogP contribution < -0.4 is 4.74 Å². The maximum atomic E-state index is 11.4. The highest BCUT2D eigenvalue weighted by molar-refractivity contribution is 7.12. The maximum Gasteiger partial charge on any atom is 0.340 e. The van der Waals surface area contributed by atoms with Crippen LogP contribution in [0.2, 0.25) is 0 Å². The molecule has 0 aliphatic rings. The molecule has 1 aromatic heterocycles. The second-order valence-corrected chi connectivity index (χ2v) is 6.65. The molecule has 0 atom stereocenters. The van der Waals surface area contributed by atoms with Crippen LogP contribution >= 0.6 is 11.3 Å². The summed E-state index contributed by atoms with van der Waals surface area (Å²) in [6, 6.07) is 17.7. The van der Waals surface area contributed by atoms with Gasteiger partial charge in [0.05, 0.1) is 0 Å². The first kappa shape index (κ1) is 15.3. The lowest BCUT2D eigenvalue weighted by Gasteiger charge is -2.08. The second-order valence-electron chi connectivity index (χ2n) is 5.22. The Morgan fingerprint density at radius 2 is 1.52 bits per heavy atom. The highest BCUT2D eigenvalue weighted by Crippen LogP contribution is 2.37. The molecule has 0 spiro atoms. The number of ether oxygens (including phenoxy) is 1. The molecule has 0 saturated heterocycles. The minimum Gasteiger partial charge on any atom is -0.478 e. The van der Waals surface area contributed by atoms with E-state index in [-0.39, 0.29) is 5.56 Å². The lowest BCUT2D eigenvalue weighted by molar-refractivity contribution is 0.0694. The summed E-state index contributed by atoms with van der Waals surface area (Å²) in [5.74, 6) is 0.114. The second kappa shape index (κ2) is 6.26. The molecular weight excluding hydrogens is 308 g/mol.